The molecule has 41 heavy (non-hydrogen) atoms. The molecule has 2 aromatic rings. The van der Waals surface area contributed by atoms with Crippen LogP contribution >= 0.6 is 0 Å². The van der Waals surface area contributed by atoms with Crippen LogP contribution in [0.2, 0.25) is 0 Å². The SMILES string of the molecule is Cc1cc(C#N)cnc1CNc1ccc(F)c([C@]2(C)C[S@@](=O)(=NCC(F)(F)F)N(C)C(NC(=O)OC(C)(C)C)=N2)n1. The zero-order chi connectivity index (χ0) is 30.8. The number of aryl methyl sites for hydroxylation is 1. The summed E-state index contributed by atoms with van der Waals surface area (Å²) in [6, 6.07) is 6.07. The van der Waals surface area contributed by atoms with Gasteiger partial charge in [-0.05, 0) is 58.4 Å². The molecule has 0 radical (unpaired) electrons. The minimum atomic E-state index is -4.76. The van der Waals surface area contributed by atoms with Crippen molar-refractivity contribution in [2.45, 2.75) is 58.5 Å². The second-order valence-corrected chi connectivity index (χ2v) is 12.8. The minimum Gasteiger partial charge on any atom is -0.444 e. The van der Waals surface area contributed by atoms with Gasteiger partial charge in [0, 0.05) is 13.2 Å². The molecule has 2 aromatic heterocycles. The number of aliphatic imine (C=N–C) groups is 1. The third-order valence-electron chi connectivity index (χ3n) is 5.72. The lowest BCUT2D eigenvalue weighted by atomic mass is 10.00. The van der Waals surface area contributed by atoms with Crippen molar-refractivity contribution in [2.75, 3.05) is 24.7 Å². The van der Waals surface area contributed by atoms with Crippen molar-refractivity contribution in [1.82, 2.24) is 19.6 Å². The van der Waals surface area contributed by atoms with Gasteiger partial charge in [-0.15, -0.1) is 0 Å². The Bertz CT molecular complexity index is 1520. The molecule has 16 heteroatoms. The number of anilines is 1. The van der Waals surface area contributed by atoms with Crippen molar-refractivity contribution >= 4 is 27.8 Å². The van der Waals surface area contributed by atoms with Crippen molar-refractivity contribution in [2.24, 2.45) is 9.36 Å². The van der Waals surface area contributed by atoms with E-state index in [1.54, 1.807) is 33.8 Å². The first kappa shape index (κ1) is 31.5. The molecule has 0 bridgehead atoms. The van der Waals surface area contributed by atoms with Crippen molar-refractivity contribution in [3.05, 3.63) is 52.7 Å². The van der Waals surface area contributed by atoms with Gasteiger partial charge in [0.05, 0.1) is 23.6 Å². The molecule has 0 unspecified atom stereocenters. The molecule has 11 nitrogen and oxygen atoms in total. The number of alkyl carbamates (subject to hydrolysis) is 1. The molecule has 0 aromatic carbocycles. The number of amides is 1. The summed E-state index contributed by atoms with van der Waals surface area (Å²) in [6.45, 7) is 6.30. The van der Waals surface area contributed by atoms with E-state index in [0.717, 1.165) is 23.0 Å². The quantitative estimate of drug-likeness (QED) is 0.486. The van der Waals surface area contributed by atoms with Crippen LogP contribution in [0.3, 0.4) is 0 Å². The van der Waals surface area contributed by atoms with Crippen molar-refractivity contribution in [1.29, 1.82) is 5.26 Å². The number of hydrogen-bond donors (Lipinski definition) is 2. The minimum absolute atomic E-state index is 0.154. The summed E-state index contributed by atoms with van der Waals surface area (Å²) in [7, 11) is -2.76. The van der Waals surface area contributed by atoms with Crippen LogP contribution in [-0.4, -0.2) is 61.7 Å². The van der Waals surface area contributed by atoms with Crippen LogP contribution in [0.25, 0.3) is 0 Å². The maximum Gasteiger partial charge on any atom is 0.414 e. The number of nitriles is 1. The predicted octanol–water partition coefficient (Wildman–Crippen LogP) is 4.39. The first-order chi connectivity index (χ1) is 18.8. The molecule has 2 atom stereocenters. The molecule has 3 rings (SSSR count). The number of halogens is 4. The summed E-state index contributed by atoms with van der Waals surface area (Å²) < 4.78 is 77.7. The molecule has 0 fully saturated rings. The van der Waals surface area contributed by atoms with Crippen LogP contribution in [-0.2, 0) is 26.7 Å². The lowest BCUT2D eigenvalue weighted by Crippen LogP contribution is -2.54. The van der Waals surface area contributed by atoms with Gasteiger partial charge in [0.2, 0.25) is 5.96 Å². The molecule has 0 saturated heterocycles. The summed E-state index contributed by atoms with van der Waals surface area (Å²) in [5.74, 6) is -1.78. The number of guanidine groups is 1. The molecule has 0 saturated carbocycles. The maximum absolute atomic E-state index is 15.2. The Labute approximate surface area is 235 Å². The average Bonchev–Trinajstić information content (AvgIpc) is 2.84. The smallest absolute Gasteiger partial charge is 0.414 e. The number of alkyl halides is 3. The van der Waals surface area contributed by atoms with E-state index >= 15 is 4.39 Å². The van der Waals surface area contributed by atoms with Crippen LogP contribution in [0.15, 0.2) is 33.8 Å². The van der Waals surface area contributed by atoms with Gasteiger partial charge in [-0.1, -0.05) is 0 Å². The lowest BCUT2D eigenvalue weighted by molar-refractivity contribution is -0.117. The van der Waals surface area contributed by atoms with E-state index in [-0.39, 0.29) is 18.1 Å². The van der Waals surface area contributed by atoms with Gasteiger partial charge in [0.25, 0.3) is 0 Å². The zero-order valence-electron chi connectivity index (χ0n) is 23.3. The third-order valence-corrected chi connectivity index (χ3v) is 8.21. The van der Waals surface area contributed by atoms with Crippen molar-refractivity contribution in [3.8, 4) is 6.07 Å². The van der Waals surface area contributed by atoms with E-state index in [1.165, 1.54) is 19.2 Å². The lowest BCUT2D eigenvalue weighted by Gasteiger charge is -2.38. The highest BCUT2D eigenvalue weighted by molar-refractivity contribution is 7.92. The highest BCUT2D eigenvalue weighted by Gasteiger charge is 2.44. The van der Waals surface area contributed by atoms with Gasteiger partial charge >= 0.3 is 12.3 Å². The van der Waals surface area contributed by atoms with Crippen molar-refractivity contribution < 1.29 is 31.3 Å². The molecular formula is C25H30F4N8O3S. The number of pyridine rings is 2. The number of aromatic nitrogens is 2. The normalized spacial score (nSPS) is 21.0. The summed E-state index contributed by atoms with van der Waals surface area (Å²) in [5, 5.41) is 14.3. The first-order valence-corrected chi connectivity index (χ1v) is 13.9. The number of nitrogens with one attached hydrogen (secondary N) is 2. The maximum atomic E-state index is 15.2. The van der Waals surface area contributed by atoms with Gasteiger partial charge in [0.15, 0.2) is 0 Å². The summed E-state index contributed by atoms with van der Waals surface area (Å²) in [6.07, 6.45) is -4.37. The topological polar surface area (TPSA) is 145 Å². The number of hydrogen-bond acceptors (Lipinski definition) is 9. The fourth-order valence-corrected chi connectivity index (χ4v) is 5.90. The average molecular weight is 599 g/mol. The van der Waals surface area contributed by atoms with Gasteiger partial charge in [0.1, 0.15) is 51.0 Å². The molecular weight excluding hydrogens is 568 g/mol. The van der Waals surface area contributed by atoms with Gasteiger partial charge < -0.3 is 10.1 Å². The van der Waals surface area contributed by atoms with Crippen LogP contribution < -0.4 is 10.6 Å². The molecule has 222 valence electrons. The van der Waals surface area contributed by atoms with Crippen LogP contribution in [0.4, 0.5) is 28.2 Å². The first-order valence-electron chi connectivity index (χ1n) is 12.2. The van der Waals surface area contributed by atoms with E-state index in [0.29, 0.717) is 11.3 Å². The van der Waals surface area contributed by atoms with E-state index in [1.807, 2.05) is 6.07 Å². The summed E-state index contributed by atoms with van der Waals surface area (Å²) in [4.78, 5) is 25.4. The molecule has 0 spiro atoms. The van der Waals surface area contributed by atoms with Gasteiger partial charge in [-0.2, -0.15) is 18.4 Å². The Morgan fingerprint density at radius 1 is 1.32 bits per heavy atom. The number of carbonyl (C=O) groups excluding carboxylic acids is 1. The zero-order valence-corrected chi connectivity index (χ0v) is 24.1. The highest BCUT2D eigenvalue weighted by atomic mass is 32.2. The Kier molecular flexibility index (Phi) is 8.82. The number of nitrogens with zero attached hydrogens (tertiary/aromatic N) is 6. The molecule has 0 aliphatic carbocycles. The van der Waals surface area contributed by atoms with E-state index in [2.05, 4.69) is 30.0 Å². The predicted molar refractivity (Wildman–Crippen MR) is 143 cm³/mol. The third kappa shape index (κ3) is 8.03. The molecule has 1 aliphatic rings. The Balaban J connectivity index is 2.04. The molecule has 1 aliphatic heterocycles. The van der Waals surface area contributed by atoms with Crippen molar-refractivity contribution in [3.63, 3.8) is 0 Å². The monoisotopic (exact) mass is 598 g/mol. The van der Waals surface area contributed by atoms with Crippen LogP contribution in [0, 0.1) is 24.1 Å². The van der Waals surface area contributed by atoms with Crippen LogP contribution in [0.5, 0.6) is 0 Å². The fourth-order valence-electron chi connectivity index (χ4n) is 3.81. The number of carbonyl (C=O) groups is 1. The highest BCUT2D eigenvalue weighted by Crippen LogP contribution is 2.34. The largest absolute Gasteiger partial charge is 0.444 e. The summed E-state index contributed by atoms with van der Waals surface area (Å²) >= 11 is 0. The molecule has 2 N–H and O–H groups in total. The van der Waals surface area contributed by atoms with Gasteiger partial charge in [-0.3, -0.25) is 14.6 Å². The fraction of sp³-hybridized carbons (Fsp3) is 0.480. The second-order valence-electron chi connectivity index (χ2n) is 10.5. The molecule has 3 heterocycles. The van der Waals surface area contributed by atoms with Gasteiger partial charge in [-0.25, -0.2) is 27.7 Å². The number of rotatable bonds is 5. The Morgan fingerprint density at radius 3 is 2.59 bits per heavy atom. The van der Waals surface area contributed by atoms with E-state index in [9.17, 15) is 22.2 Å². The van der Waals surface area contributed by atoms with E-state index in [4.69, 9.17) is 10.00 Å². The van der Waals surface area contributed by atoms with Crippen LogP contribution in [0.1, 0.15) is 50.2 Å². The van der Waals surface area contributed by atoms with E-state index < -0.39 is 57.4 Å². The summed E-state index contributed by atoms with van der Waals surface area (Å²) in [5.41, 5.74) is -1.37. The molecule has 1 amide bonds. The number of ether oxygens (including phenoxy) is 1. The second kappa shape index (κ2) is 11.5. The standard InChI is InChI=1S/C25H30F4N8O3S/c1-15-9-16(10-30)11-31-18(15)12-32-19-8-7-17(26)20(34-19)24(5)14-41(39,33-13-25(27,28)29)37(6)21(36-24)35-22(38)40-23(2,3)4/h7-9,11H,12-14H2,1-6H3,(H,32,34)(H,35,36,38)/t24-,41+/m0/s1. The Hall–Kier alpha value is -4.00. The Morgan fingerprint density at radius 2 is 2.00 bits per heavy atom.